The standard InChI is InChI=1S/C7H7NO3.Cl2OS/c1-4-2-6(9)5(3-8-4)7(10)11;1-4(2)3/h2-3H,1H3,(H,8,9)(H,10,11);. The van der Waals surface area contributed by atoms with Crippen molar-refractivity contribution in [1.82, 2.24) is 4.98 Å². The zero-order valence-corrected chi connectivity index (χ0v) is 9.82. The molecular formula is C7H7Cl2NO4S. The van der Waals surface area contributed by atoms with E-state index in [1.165, 1.54) is 12.3 Å². The Morgan fingerprint density at radius 1 is 1.53 bits per heavy atom. The Bertz CT molecular complexity index is 427. The van der Waals surface area contributed by atoms with E-state index in [1.54, 1.807) is 6.92 Å². The third-order valence-corrected chi connectivity index (χ3v) is 1.29. The second kappa shape index (κ2) is 6.60. The first-order chi connectivity index (χ1) is 6.84. The topological polar surface area (TPSA) is 87.2 Å². The van der Waals surface area contributed by atoms with Crippen molar-refractivity contribution in [2.75, 3.05) is 0 Å². The van der Waals surface area contributed by atoms with Crippen molar-refractivity contribution in [3.8, 4) is 0 Å². The SMILES string of the molecule is Cc1cc(=O)c(C(=O)O)c[nH]1.O=S(Cl)Cl. The number of halogens is 2. The Morgan fingerprint density at radius 3 is 2.33 bits per heavy atom. The highest BCUT2D eigenvalue weighted by Crippen LogP contribution is 1.90. The third kappa shape index (κ3) is 6.27. The summed E-state index contributed by atoms with van der Waals surface area (Å²) in [5.74, 6) is -1.20. The first kappa shape index (κ1) is 14.2. The molecule has 0 atom stereocenters. The predicted molar refractivity (Wildman–Crippen MR) is 58.6 cm³/mol. The van der Waals surface area contributed by atoms with Gasteiger partial charge in [0.05, 0.1) is 0 Å². The van der Waals surface area contributed by atoms with E-state index in [1.807, 2.05) is 0 Å². The van der Waals surface area contributed by atoms with E-state index in [-0.39, 0.29) is 5.56 Å². The van der Waals surface area contributed by atoms with Gasteiger partial charge in [-0.1, -0.05) is 0 Å². The van der Waals surface area contributed by atoms with Crippen molar-refractivity contribution in [2.24, 2.45) is 0 Å². The average Bonchev–Trinajstić information content (AvgIpc) is 2.01. The van der Waals surface area contributed by atoms with Crippen LogP contribution in [0.5, 0.6) is 0 Å². The zero-order valence-electron chi connectivity index (χ0n) is 7.49. The van der Waals surface area contributed by atoms with Gasteiger partial charge < -0.3 is 10.1 Å². The fourth-order valence-corrected chi connectivity index (χ4v) is 0.740. The van der Waals surface area contributed by atoms with Crippen LogP contribution in [0.2, 0.25) is 0 Å². The molecule has 0 amide bonds. The van der Waals surface area contributed by atoms with Crippen LogP contribution >= 0.6 is 21.4 Å². The summed E-state index contributed by atoms with van der Waals surface area (Å²) in [7, 11) is 7.36. The molecule has 0 aliphatic heterocycles. The number of nitrogens with one attached hydrogen (secondary N) is 1. The number of aromatic amines is 1. The van der Waals surface area contributed by atoms with Crippen LogP contribution < -0.4 is 5.43 Å². The maximum absolute atomic E-state index is 10.9. The summed E-state index contributed by atoms with van der Waals surface area (Å²) in [6.45, 7) is 1.69. The van der Waals surface area contributed by atoms with Gasteiger partial charge in [0.1, 0.15) is 5.56 Å². The zero-order chi connectivity index (χ0) is 12.0. The number of aromatic nitrogens is 1. The monoisotopic (exact) mass is 271 g/mol. The third-order valence-electron chi connectivity index (χ3n) is 1.29. The summed E-state index contributed by atoms with van der Waals surface area (Å²) in [5.41, 5.74) is -0.0376. The van der Waals surface area contributed by atoms with Crippen LogP contribution in [0.4, 0.5) is 0 Å². The second-order valence-corrected chi connectivity index (χ2v) is 4.91. The van der Waals surface area contributed by atoms with Gasteiger partial charge in [0, 0.05) is 39.3 Å². The Kier molecular flexibility index (Phi) is 6.23. The highest BCUT2D eigenvalue weighted by molar-refractivity contribution is 8.26. The van der Waals surface area contributed by atoms with Crippen LogP contribution in [-0.2, 0) is 9.23 Å². The highest BCUT2D eigenvalue weighted by Gasteiger charge is 2.06. The number of H-pyrrole nitrogens is 1. The van der Waals surface area contributed by atoms with Crippen LogP contribution in [0.1, 0.15) is 16.1 Å². The Hall–Kier alpha value is -0.850. The molecule has 0 spiro atoms. The molecule has 0 fully saturated rings. The summed E-state index contributed by atoms with van der Waals surface area (Å²) < 4.78 is 9.09. The first-order valence-corrected chi connectivity index (χ1v) is 6.31. The summed E-state index contributed by atoms with van der Waals surface area (Å²) in [6, 6.07) is 1.25. The number of pyridine rings is 1. The largest absolute Gasteiger partial charge is 0.477 e. The smallest absolute Gasteiger partial charge is 0.341 e. The number of carboxylic acids is 1. The van der Waals surface area contributed by atoms with Gasteiger partial charge in [-0.05, 0) is 6.92 Å². The van der Waals surface area contributed by atoms with Gasteiger partial charge in [-0.25, -0.2) is 9.00 Å². The van der Waals surface area contributed by atoms with Gasteiger partial charge >= 0.3 is 5.97 Å². The van der Waals surface area contributed by atoms with E-state index in [4.69, 9.17) is 9.32 Å². The fourth-order valence-electron chi connectivity index (χ4n) is 0.740. The molecule has 0 aromatic carbocycles. The van der Waals surface area contributed by atoms with E-state index < -0.39 is 20.6 Å². The molecule has 84 valence electrons. The Balaban J connectivity index is 0.000000423. The number of carbonyl (C=O) groups is 1. The molecule has 0 unspecified atom stereocenters. The first-order valence-electron chi connectivity index (χ1n) is 3.51. The van der Waals surface area contributed by atoms with Crippen LogP contribution in [0, 0.1) is 6.92 Å². The maximum atomic E-state index is 10.9. The molecule has 5 nitrogen and oxygen atoms in total. The normalized spacial score (nSPS) is 9.33. The van der Waals surface area contributed by atoms with E-state index in [9.17, 15) is 9.59 Å². The molecule has 0 aliphatic rings. The number of hydrogen-bond acceptors (Lipinski definition) is 3. The molecule has 0 aliphatic carbocycles. The summed E-state index contributed by atoms with van der Waals surface area (Å²) in [6.07, 6.45) is 1.19. The van der Waals surface area contributed by atoms with Crippen molar-refractivity contribution in [2.45, 2.75) is 6.92 Å². The van der Waals surface area contributed by atoms with Gasteiger partial charge in [0.15, 0.2) is 5.43 Å². The van der Waals surface area contributed by atoms with E-state index >= 15 is 0 Å². The lowest BCUT2D eigenvalue weighted by Crippen LogP contribution is -2.14. The Labute approximate surface area is 96.5 Å². The second-order valence-electron chi connectivity index (χ2n) is 2.38. The molecule has 0 bridgehead atoms. The molecular weight excluding hydrogens is 265 g/mol. The number of rotatable bonds is 1. The van der Waals surface area contributed by atoms with E-state index in [0.717, 1.165) is 0 Å². The summed E-state index contributed by atoms with van der Waals surface area (Å²) in [4.78, 5) is 23.8. The molecule has 0 saturated carbocycles. The Morgan fingerprint density at radius 2 is 2.00 bits per heavy atom. The summed E-state index contributed by atoms with van der Waals surface area (Å²) in [5, 5.41) is 8.44. The van der Waals surface area contributed by atoms with Crippen molar-refractivity contribution in [1.29, 1.82) is 0 Å². The van der Waals surface area contributed by atoms with Gasteiger partial charge in [-0.3, -0.25) is 4.79 Å². The van der Waals surface area contributed by atoms with Gasteiger partial charge in [-0.2, -0.15) is 0 Å². The van der Waals surface area contributed by atoms with Gasteiger partial charge in [0.25, 0.3) is 0 Å². The van der Waals surface area contributed by atoms with Crippen LogP contribution in [0.15, 0.2) is 17.1 Å². The lowest BCUT2D eigenvalue weighted by Gasteiger charge is -1.93. The van der Waals surface area contributed by atoms with Gasteiger partial charge in [0.2, 0.25) is 9.23 Å². The molecule has 1 rings (SSSR count). The maximum Gasteiger partial charge on any atom is 0.341 e. The quantitative estimate of drug-likeness (QED) is 0.757. The van der Waals surface area contributed by atoms with E-state index in [2.05, 4.69) is 26.3 Å². The van der Waals surface area contributed by atoms with Gasteiger partial charge in [-0.15, -0.1) is 0 Å². The van der Waals surface area contributed by atoms with Crippen LogP contribution in [0.25, 0.3) is 0 Å². The van der Waals surface area contributed by atoms with Crippen molar-refractivity contribution < 1.29 is 14.1 Å². The molecule has 1 aromatic heterocycles. The van der Waals surface area contributed by atoms with Crippen molar-refractivity contribution in [3.63, 3.8) is 0 Å². The number of carboxylic acid groups (broad SMARTS) is 1. The molecule has 1 aromatic rings. The molecule has 1 heterocycles. The van der Waals surface area contributed by atoms with Crippen molar-refractivity contribution in [3.05, 3.63) is 33.7 Å². The van der Waals surface area contributed by atoms with Crippen LogP contribution in [-0.4, -0.2) is 20.3 Å². The molecule has 0 radical (unpaired) electrons. The number of aromatic carboxylic acids is 1. The number of aryl methyl sites for hydroxylation is 1. The minimum absolute atomic E-state index is 0.226. The van der Waals surface area contributed by atoms with E-state index in [0.29, 0.717) is 5.69 Å². The van der Waals surface area contributed by atoms with Crippen molar-refractivity contribution >= 4 is 36.6 Å². The molecule has 0 saturated heterocycles. The summed E-state index contributed by atoms with van der Waals surface area (Å²) >= 11 is 0. The lowest BCUT2D eigenvalue weighted by atomic mass is 10.2. The fraction of sp³-hybridized carbons (Fsp3) is 0.143. The number of hydrogen-bond donors (Lipinski definition) is 2. The van der Waals surface area contributed by atoms with Crippen LogP contribution in [0.3, 0.4) is 0 Å². The average molecular weight is 272 g/mol. The molecule has 2 N–H and O–H groups in total. The molecule has 15 heavy (non-hydrogen) atoms. The lowest BCUT2D eigenvalue weighted by molar-refractivity contribution is 0.0695. The predicted octanol–water partition coefficient (Wildman–Crippen LogP) is 1.42. The molecule has 8 heteroatoms. The minimum Gasteiger partial charge on any atom is -0.477 e. The minimum atomic E-state index is -1.67. The highest BCUT2D eigenvalue weighted by atomic mass is 36.0.